The number of benzene rings is 1. The van der Waals surface area contributed by atoms with Crippen molar-refractivity contribution in [1.82, 2.24) is 0 Å². The van der Waals surface area contributed by atoms with Gasteiger partial charge in [-0.25, -0.2) is 0 Å². The number of fused-ring (bicyclic) bond motifs is 3. The fourth-order valence-corrected chi connectivity index (χ4v) is 2.93. The van der Waals surface area contributed by atoms with Crippen molar-refractivity contribution in [1.29, 1.82) is 0 Å². The van der Waals surface area contributed by atoms with E-state index in [0.717, 1.165) is 11.3 Å². The topological polar surface area (TPSA) is 40.2 Å². The van der Waals surface area contributed by atoms with E-state index in [0.29, 0.717) is 5.03 Å². The Labute approximate surface area is 115 Å². The molecule has 100 valence electrons. The van der Waals surface area contributed by atoms with Crippen molar-refractivity contribution < 1.29 is 18.9 Å². The molecule has 1 aromatic carbocycles. The highest BCUT2D eigenvalue weighted by molar-refractivity contribution is 6.30. The van der Waals surface area contributed by atoms with Crippen LogP contribution in [-0.4, -0.2) is 31.5 Å². The lowest BCUT2D eigenvalue weighted by molar-refractivity contribution is -0.0679. The van der Waals surface area contributed by atoms with Crippen molar-refractivity contribution in [2.24, 2.45) is 0 Å². The molecule has 5 atom stereocenters. The van der Waals surface area contributed by atoms with Gasteiger partial charge in [-0.05, 0) is 18.2 Å². The zero-order chi connectivity index (χ0) is 13.0. The highest BCUT2D eigenvalue weighted by Crippen LogP contribution is 2.47. The number of hydrogen-bond donors (Lipinski definition) is 0. The summed E-state index contributed by atoms with van der Waals surface area (Å²) in [5.41, 5.74) is 0.955. The van der Waals surface area contributed by atoms with Gasteiger partial charge < -0.3 is 18.9 Å². The van der Waals surface area contributed by atoms with Crippen LogP contribution >= 0.6 is 11.6 Å². The lowest BCUT2D eigenvalue weighted by Gasteiger charge is -2.16. The van der Waals surface area contributed by atoms with Crippen molar-refractivity contribution in [2.75, 3.05) is 7.11 Å². The molecule has 0 aromatic heterocycles. The first kappa shape index (κ1) is 11.7. The van der Waals surface area contributed by atoms with Crippen LogP contribution in [0.15, 0.2) is 35.4 Å². The van der Waals surface area contributed by atoms with Gasteiger partial charge in [0.25, 0.3) is 0 Å². The Morgan fingerprint density at radius 3 is 2.58 bits per heavy atom. The summed E-state index contributed by atoms with van der Waals surface area (Å²) in [7, 11) is 1.64. The van der Waals surface area contributed by atoms with Crippen molar-refractivity contribution in [3.05, 3.63) is 40.9 Å². The SMILES string of the molecule is COc1ccc([C@H]2O[C@H]3[C@@H]4O[C@@H]4C=C(Cl)[C@H]3O2)cc1. The van der Waals surface area contributed by atoms with Crippen molar-refractivity contribution in [3.63, 3.8) is 0 Å². The van der Waals surface area contributed by atoms with Crippen LogP contribution < -0.4 is 4.74 Å². The average molecular weight is 281 g/mol. The summed E-state index contributed by atoms with van der Waals surface area (Å²) >= 11 is 6.20. The van der Waals surface area contributed by atoms with Gasteiger partial charge in [0.1, 0.15) is 30.2 Å². The molecule has 1 aliphatic carbocycles. The van der Waals surface area contributed by atoms with Gasteiger partial charge in [0.05, 0.1) is 7.11 Å². The minimum Gasteiger partial charge on any atom is -0.497 e. The van der Waals surface area contributed by atoms with Crippen LogP contribution in [0.5, 0.6) is 5.75 Å². The molecule has 4 rings (SSSR count). The molecule has 5 heteroatoms. The number of epoxide rings is 1. The maximum Gasteiger partial charge on any atom is 0.185 e. The molecule has 2 fully saturated rings. The van der Waals surface area contributed by atoms with Crippen LogP contribution in [0.25, 0.3) is 0 Å². The largest absolute Gasteiger partial charge is 0.497 e. The van der Waals surface area contributed by atoms with Gasteiger partial charge in [0.2, 0.25) is 0 Å². The van der Waals surface area contributed by atoms with Gasteiger partial charge in [-0.2, -0.15) is 0 Å². The first-order chi connectivity index (χ1) is 9.26. The van der Waals surface area contributed by atoms with E-state index >= 15 is 0 Å². The second-order valence-corrected chi connectivity index (χ2v) is 5.32. The summed E-state index contributed by atoms with van der Waals surface area (Å²) in [6.45, 7) is 0. The van der Waals surface area contributed by atoms with Crippen LogP contribution in [0.4, 0.5) is 0 Å². The predicted molar refractivity (Wildman–Crippen MR) is 68.1 cm³/mol. The quantitative estimate of drug-likeness (QED) is 0.780. The summed E-state index contributed by atoms with van der Waals surface area (Å²) in [6, 6.07) is 7.64. The average Bonchev–Trinajstić information content (AvgIpc) is 3.06. The monoisotopic (exact) mass is 280 g/mol. The Morgan fingerprint density at radius 2 is 1.84 bits per heavy atom. The minimum absolute atomic E-state index is 0.0933. The summed E-state index contributed by atoms with van der Waals surface area (Å²) in [4.78, 5) is 0. The molecule has 2 saturated heterocycles. The number of methoxy groups -OCH3 is 1. The third kappa shape index (κ3) is 1.87. The van der Waals surface area contributed by atoms with E-state index in [1.165, 1.54) is 0 Å². The first-order valence-corrected chi connectivity index (χ1v) is 6.61. The number of hydrogen-bond acceptors (Lipinski definition) is 4. The number of halogens is 1. The van der Waals surface area contributed by atoms with E-state index < -0.39 is 6.29 Å². The summed E-state index contributed by atoms with van der Waals surface area (Å²) in [5, 5.41) is 0.680. The predicted octanol–water partition coefficient (Wildman–Crippen LogP) is 2.38. The molecule has 0 unspecified atom stereocenters. The lowest BCUT2D eigenvalue weighted by Crippen LogP contribution is -2.32. The minimum atomic E-state index is -0.397. The molecular formula is C14H13ClO4. The molecule has 0 amide bonds. The maximum absolute atomic E-state index is 6.20. The number of rotatable bonds is 2. The van der Waals surface area contributed by atoms with E-state index in [4.69, 9.17) is 30.5 Å². The molecule has 4 nitrogen and oxygen atoms in total. The zero-order valence-electron chi connectivity index (χ0n) is 10.3. The fourth-order valence-electron chi connectivity index (χ4n) is 2.63. The molecule has 2 heterocycles. The Morgan fingerprint density at radius 1 is 1.05 bits per heavy atom. The van der Waals surface area contributed by atoms with Crippen molar-refractivity contribution in [3.8, 4) is 5.75 Å². The molecule has 3 aliphatic rings. The van der Waals surface area contributed by atoms with Crippen LogP contribution in [0, 0.1) is 0 Å². The molecule has 0 bridgehead atoms. The Balaban J connectivity index is 1.56. The highest BCUT2D eigenvalue weighted by atomic mass is 35.5. The molecule has 2 aliphatic heterocycles. The van der Waals surface area contributed by atoms with Gasteiger partial charge in [-0.15, -0.1) is 0 Å². The van der Waals surface area contributed by atoms with Gasteiger partial charge >= 0.3 is 0 Å². The molecule has 0 saturated carbocycles. The van der Waals surface area contributed by atoms with Crippen LogP contribution in [0.3, 0.4) is 0 Å². The Hall–Kier alpha value is -1.07. The zero-order valence-corrected chi connectivity index (χ0v) is 11.0. The fraction of sp³-hybridized carbons (Fsp3) is 0.429. The second-order valence-electron chi connectivity index (χ2n) is 4.88. The highest BCUT2D eigenvalue weighted by Gasteiger charge is 2.56. The maximum atomic E-state index is 6.20. The molecule has 19 heavy (non-hydrogen) atoms. The molecule has 0 spiro atoms. The summed E-state index contributed by atoms with van der Waals surface area (Å²) in [6.07, 6.45) is 1.40. The van der Waals surface area contributed by atoms with E-state index in [-0.39, 0.29) is 24.4 Å². The van der Waals surface area contributed by atoms with Crippen LogP contribution in [0.2, 0.25) is 0 Å². The number of ether oxygens (including phenoxy) is 4. The van der Waals surface area contributed by atoms with Crippen molar-refractivity contribution in [2.45, 2.75) is 30.7 Å². The molecule has 1 aromatic rings. The van der Waals surface area contributed by atoms with Gasteiger partial charge in [-0.1, -0.05) is 23.7 Å². The van der Waals surface area contributed by atoms with E-state index in [2.05, 4.69) is 0 Å². The lowest BCUT2D eigenvalue weighted by atomic mass is 10.0. The standard InChI is InChI=1S/C14H13ClO4/c1-16-8-4-2-7(3-5-8)14-18-11-9(15)6-10-12(17-10)13(11)19-14/h2-6,10-14H,1H3/t10-,11-,12-,13-,14-/m1/s1. The van der Waals surface area contributed by atoms with Crippen LogP contribution in [-0.2, 0) is 14.2 Å². The van der Waals surface area contributed by atoms with Gasteiger partial charge in [-0.3, -0.25) is 0 Å². The Kier molecular flexibility index (Phi) is 2.60. The molecule has 0 radical (unpaired) electrons. The second kappa shape index (κ2) is 4.21. The van der Waals surface area contributed by atoms with E-state index in [1.807, 2.05) is 30.3 Å². The third-order valence-corrected chi connectivity index (χ3v) is 4.06. The van der Waals surface area contributed by atoms with Gasteiger partial charge in [0, 0.05) is 10.6 Å². The van der Waals surface area contributed by atoms with E-state index in [9.17, 15) is 0 Å². The normalized spacial score (nSPS) is 39.3. The third-order valence-electron chi connectivity index (χ3n) is 3.72. The van der Waals surface area contributed by atoms with Gasteiger partial charge in [0.15, 0.2) is 6.29 Å². The Bertz CT molecular complexity index is 527. The smallest absolute Gasteiger partial charge is 0.185 e. The van der Waals surface area contributed by atoms with Crippen LogP contribution in [0.1, 0.15) is 11.9 Å². The summed E-state index contributed by atoms with van der Waals surface area (Å²) < 4.78 is 22.5. The first-order valence-electron chi connectivity index (χ1n) is 6.24. The van der Waals surface area contributed by atoms with Crippen molar-refractivity contribution >= 4 is 11.6 Å². The summed E-state index contributed by atoms with van der Waals surface area (Å²) in [5.74, 6) is 0.808. The van der Waals surface area contributed by atoms with E-state index in [1.54, 1.807) is 7.11 Å². The molecular weight excluding hydrogens is 268 g/mol. The molecule has 0 N–H and O–H groups in total.